The lowest BCUT2D eigenvalue weighted by Gasteiger charge is -2.10. The van der Waals surface area contributed by atoms with Crippen LogP contribution in [0, 0.1) is 0 Å². The van der Waals surface area contributed by atoms with Gasteiger partial charge >= 0.3 is 6.03 Å². The number of hydrogen-bond acceptors (Lipinski definition) is 5. The summed E-state index contributed by atoms with van der Waals surface area (Å²) in [6.07, 6.45) is 3.84. The number of nitrogens with one attached hydrogen (secondary N) is 2. The highest BCUT2D eigenvalue weighted by molar-refractivity contribution is 7.90. The topological polar surface area (TPSA) is 92.6 Å². The number of urea groups is 1. The third kappa shape index (κ3) is 3.72. The standard InChI is InChI=1S/C18H13ClN4O3S2/c19-14-3-1-2-4-16(14)28(25,26)22-17(24)20-13-7-5-12(6-8-13)15-11-23-9-10-27-18(23)21-15/h1-11H,(H2,20,22,24). The summed E-state index contributed by atoms with van der Waals surface area (Å²) in [5.74, 6) is 0. The van der Waals surface area contributed by atoms with Crippen LogP contribution in [0.2, 0.25) is 5.02 Å². The molecule has 0 aliphatic heterocycles. The molecule has 0 atom stereocenters. The maximum atomic E-state index is 12.3. The summed E-state index contributed by atoms with van der Waals surface area (Å²) >= 11 is 7.43. The Kier molecular flexibility index (Phi) is 4.80. The van der Waals surface area contributed by atoms with Gasteiger partial charge in [-0.3, -0.25) is 4.40 Å². The second-order valence-corrected chi connectivity index (χ2v) is 8.72. The third-order valence-electron chi connectivity index (χ3n) is 3.89. The minimum absolute atomic E-state index is 0.0344. The number of sulfonamides is 1. The third-order valence-corrected chi connectivity index (χ3v) is 6.49. The van der Waals surface area contributed by atoms with Crippen LogP contribution in [0.15, 0.2) is 71.2 Å². The fraction of sp³-hybridized carbons (Fsp3) is 0. The molecule has 28 heavy (non-hydrogen) atoms. The van der Waals surface area contributed by atoms with E-state index >= 15 is 0 Å². The van der Waals surface area contributed by atoms with Gasteiger partial charge in [-0.05, 0) is 24.3 Å². The van der Waals surface area contributed by atoms with Crippen molar-refractivity contribution in [2.75, 3.05) is 5.32 Å². The highest BCUT2D eigenvalue weighted by Gasteiger charge is 2.20. The molecule has 0 spiro atoms. The number of aromatic nitrogens is 2. The van der Waals surface area contributed by atoms with Crippen molar-refractivity contribution >= 4 is 49.6 Å². The van der Waals surface area contributed by atoms with Gasteiger partial charge in [0, 0.05) is 29.0 Å². The predicted octanol–water partition coefficient (Wildman–Crippen LogP) is 4.23. The quantitative estimate of drug-likeness (QED) is 0.504. The highest BCUT2D eigenvalue weighted by Crippen LogP contribution is 2.23. The van der Waals surface area contributed by atoms with Crippen molar-refractivity contribution in [3.05, 3.63) is 71.3 Å². The average molecular weight is 433 g/mol. The van der Waals surface area contributed by atoms with E-state index in [-0.39, 0.29) is 9.92 Å². The van der Waals surface area contributed by atoms with Gasteiger partial charge < -0.3 is 5.32 Å². The maximum absolute atomic E-state index is 12.3. The molecule has 2 amide bonds. The van der Waals surface area contributed by atoms with Gasteiger partial charge in [0.25, 0.3) is 10.0 Å². The summed E-state index contributed by atoms with van der Waals surface area (Å²) in [7, 11) is -4.08. The fourth-order valence-electron chi connectivity index (χ4n) is 2.59. The van der Waals surface area contributed by atoms with Crippen LogP contribution in [0.5, 0.6) is 0 Å². The summed E-state index contributed by atoms with van der Waals surface area (Å²) in [6.45, 7) is 0. The molecular formula is C18H13ClN4O3S2. The minimum Gasteiger partial charge on any atom is -0.307 e. The molecule has 2 N–H and O–H groups in total. The van der Waals surface area contributed by atoms with E-state index in [0.717, 1.165) is 16.2 Å². The van der Waals surface area contributed by atoms with Crippen molar-refractivity contribution < 1.29 is 13.2 Å². The number of carbonyl (C=O) groups excluding carboxylic acids is 1. The van der Waals surface area contributed by atoms with Crippen molar-refractivity contribution in [2.45, 2.75) is 4.90 Å². The second-order valence-electron chi connectivity index (χ2n) is 5.79. The summed E-state index contributed by atoms with van der Waals surface area (Å²) in [4.78, 5) is 17.3. The number of benzene rings is 2. The van der Waals surface area contributed by atoms with Crippen molar-refractivity contribution in [2.24, 2.45) is 0 Å². The normalized spacial score (nSPS) is 11.5. The van der Waals surface area contributed by atoms with E-state index in [4.69, 9.17) is 11.6 Å². The lowest BCUT2D eigenvalue weighted by Crippen LogP contribution is -2.34. The molecule has 0 radical (unpaired) electrons. The Labute approximate surface area is 169 Å². The van der Waals surface area contributed by atoms with E-state index in [1.807, 2.05) is 26.9 Å². The lowest BCUT2D eigenvalue weighted by molar-refractivity contribution is 0.256. The number of hydrogen-bond donors (Lipinski definition) is 2. The molecule has 4 aromatic rings. The minimum atomic E-state index is -4.08. The van der Waals surface area contributed by atoms with Crippen LogP contribution in [-0.2, 0) is 10.0 Å². The molecule has 0 unspecified atom stereocenters. The number of imidazole rings is 1. The zero-order chi connectivity index (χ0) is 19.7. The number of nitrogens with zero attached hydrogens (tertiary/aromatic N) is 2. The molecule has 0 aliphatic carbocycles. The van der Waals surface area contributed by atoms with Crippen molar-refractivity contribution in [1.82, 2.24) is 14.1 Å². The summed E-state index contributed by atoms with van der Waals surface area (Å²) in [5, 5.41) is 4.48. The Hall–Kier alpha value is -2.88. The molecule has 0 bridgehead atoms. The highest BCUT2D eigenvalue weighted by atomic mass is 35.5. The molecule has 10 heteroatoms. The van der Waals surface area contributed by atoms with E-state index in [2.05, 4.69) is 10.3 Å². The molecule has 142 valence electrons. The first-order valence-corrected chi connectivity index (χ1v) is 10.8. The Balaban J connectivity index is 1.46. The van der Waals surface area contributed by atoms with Crippen molar-refractivity contribution in [3.63, 3.8) is 0 Å². The molecule has 2 heterocycles. The second kappa shape index (κ2) is 7.27. The smallest absolute Gasteiger partial charge is 0.307 e. The SMILES string of the molecule is O=C(Nc1ccc(-c2cn3ccsc3n2)cc1)NS(=O)(=O)c1ccccc1Cl. The molecule has 2 aromatic heterocycles. The van der Waals surface area contributed by atoms with Crippen LogP contribution in [0.1, 0.15) is 0 Å². The monoisotopic (exact) mass is 432 g/mol. The zero-order valence-electron chi connectivity index (χ0n) is 14.2. The number of carbonyl (C=O) groups is 1. The molecule has 0 saturated heterocycles. The van der Waals surface area contributed by atoms with Gasteiger partial charge in [-0.25, -0.2) is 22.9 Å². The Bertz CT molecular complexity index is 1230. The largest absolute Gasteiger partial charge is 0.333 e. The zero-order valence-corrected chi connectivity index (χ0v) is 16.6. The van der Waals surface area contributed by atoms with Crippen LogP contribution in [0.25, 0.3) is 16.2 Å². The van der Waals surface area contributed by atoms with Crippen LogP contribution >= 0.6 is 22.9 Å². The van der Waals surface area contributed by atoms with E-state index in [0.29, 0.717) is 5.69 Å². The van der Waals surface area contributed by atoms with Gasteiger partial charge in [-0.15, -0.1) is 11.3 Å². The van der Waals surface area contributed by atoms with Gasteiger partial charge in [0.1, 0.15) is 4.90 Å². The van der Waals surface area contributed by atoms with Crippen LogP contribution in [-0.4, -0.2) is 23.8 Å². The van der Waals surface area contributed by atoms with Gasteiger partial charge in [-0.2, -0.15) is 0 Å². The van der Waals surface area contributed by atoms with Gasteiger partial charge in [-0.1, -0.05) is 35.9 Å². The molecule has 7 nitrogen and oxygen atoms in total. The molecule has 0 aliphatic rings. The first kappa shape index (κ1) is 18.5. The number of thiazole rings is 1. The molecule has 4 rings (SSSR count). The average Bonchev–Trinajstić information content (AvgIpc) is 3.24. The first-order chi connectivity index (χ1) is 13.4. The molecule has 0 saturated carbocycles. The van der Waals surface area contributed by atoms with Crippen molar-refractivity contribution in [1.29, 1.82) is 0 Å². The number of fused-ring (bicyclic) bond motifs is 1. The van der Waals surface area contributed by atoms with Crippen LogP contribution in [0.3, 0.4) is 0 Å². The van der Waals surface area contributed by atoms with Crippen molar-refractivity contribution in [3.8, 4) is 11.3 Å². The maximum Gasteiger partial charge on any atom is 0.333 e. The van der Waals surface area contributed by atoms with E-state index < -0.39 is 16.1 Å². The molecule has 2 aromatic carbocycles. The Morgan fingerprint density at radius 1 is 1.11 bits per heavy atom. The summed E-state index contributed by atoms with van der Waals surface area (Å²) in [5.41, 5.74) is 2.13. The Morgan fingerprint density at radius 2 is 1.86 bits per heavy atom. The molecule has 0 fully saturated rings. The van der Waals surface area contributed by atoms with E-state index in [1.165, 1.54) is 29.5 Å². The van der Waals surface area contributed by atoms with Gasteiger partial charge in [0.05, 0.1) is 10.7 Å². The first-order valence-electron chi connectivity index (χ1n) is 8.03. The van der Waals surface area contributed by atoms with Gasteiger partial charge in [0.15, 0.2) is 4.96 Å². The van der Waals surface area contributed by atoms with Crippen LogP contribution < -0.4 is 10.0 Å². The van der Waals surface area contributed by atoms with E-state index in [1.54, 1.807) is 30.3 Å². The number of rotatable bonds is 4. The number of amides is 2. The fourth-order valence-corrected chi connectivity index (χ4v) is 4.72. The Morgan fingerprint density at radius 3 is 2.57 bits per heavy atom. The number of halogens is 1. The lowest BCUT2D eigenvalue weighted by atomic mass is 10.1. The summed E-state index contributed by atoms with van der Waals surface area (Å²) in [6, 6.07) is 11.9. The number of anilines is 1. The summed E-state index contributed by atoms with van der Waals surface area (Å²) < 4.78 is 28.4. The van der Waals surface area contributed by atoms with E-state index in [9.17, 15) is 13.2 Å². The van der Waals surface area contributed by atoms with Crippen LogP contribution in [0.4, 0.5) is 10.5 Å². The predicted molar refractivity (Wildman–Crippen MR) is 109 cm³/mol. The van der Waals surface area contributed by atoms with Gasteiger partial charge in [0.2, 0.25) is 0 Å². The molecular weight excluding hydrogens is 420 g/mol.